The first-order chi connectivity index (χ1) is 5.86. The minimum Gasteiger partial charge on any atom is -0.237 e. The van der Waals surface area contributed by atoms with E-state index >= 15 is 0 Å². The Labute approximate surface area is 78.4 Å². The molecule has 4 nitrogen and oxygen atoms in total. The molecule has 0 spiro atoms. The van der Waals surface area contributed by atoms with Crippen LogP contribution >= 0.6 is 15.9 Å². The summed E-state index contributed by atoms with van der Waals surface area (Å²) in [6.45, 7) is 0. The van der Waals surface area contributed by atoms with Gasteiger partial charge in [0.05, 0.1) is 6.20 Å². The van der Waals surface area contributed by atoms with Gasteiger partial charge in [0.2, 0.25) is 0 Å². The summed E-state index contributed by atoms with van der Waals surface area (Å²) in [5.41, 5.74) is 4.86. The number of pyridine rings is 1. The standard InChI is InChI=1S/C7H7BrN4/c8-6-1-2-9-7(5-6)12-4-3-10-11-12/h1-5,10-11H/p+1. The Bertz CT molecular complexity index is 312. The Morgan fingerprint density at radius 3 is 3.17 bits per heavy atom. The minimum absolute atomic E-state index is 0.870. The summed E-state index contributed by atoms with van der Waals surface area (Å²) in [4.78, 5) is 4.18. The zero-order chi connectivity index (χ0) is 8.39. The number of halogens is 1. The zero-order valence-corrected chi connectivity index (χ0v) is 7.82. The molecule has 0 aromatic carbocycles. The minimum atomic E-state index is 0.870. The summed E-state index contributed by atoms with van der Waals surface area (Å²) in [5.74, 6) is 0.870. The van der Waals surface area contributed by atoms with Gasteiger partial charge in [-0.25, -0.2) is 15.4 Å². The smallest absolute Gasteiger partial charge is 0.152 e. The number of rotatable bonds is 1. The third kappa shape index (κ3) is 1.47. The first-order valence-electron chi connectivity index (χ1n) is 3.53. The second kappa shape index (κ2) is 3.22. The fourth-order valence-electron chi connectivity index (χ4n) is 0.963. The summed E-state index contributed by atoms with van der Waals surface area (Å²) in [6.07, 6.45) is 5.59. The summed E-state index contributed by atoms with van der Waals surface area (Å²) in [7, 11) is 0. The maximum Gasteiger partial charge on any atom is 0.152 e. The van der Waals surface area contributed by atoms with Gasteiger partial charge >= 0.3 is 0 Å². The Balaban J connectivity index is 2.27. The molecule has 0 fully saturated rings. The van der Waals surface area contributed by atoms with E-state index in [1.54, 1.807) is 6.20 Å². The van der Waals surface area contributed by atoms with Crippen LogP contribution in [0.1, 0.15) is 0 Å². The van der Waals surface area contributed by atoms with Crippen molar-refractivity contribution in [2.75, 3.05) is 5.01 Å². The quantitative estimate of drug-likeness (QED) is 0.671. The molecule has 1 aromatic rings. The van der Waals surface area contributed by atoms with Crippen LogP contribution in [0.15, 0.2) is 35.2 Å². The van der Waals surface area contributed by atoms with Gasteiger partial charge in [-0.05, 0) is 12.1 Å². The van der Waals surface area contributed by atoms with Gasteiger partial charge in [-0.3, -0.25) is 0 Å². The average Bonchev–Trinajstić information content (AvgIpc) is 2.56. The number of hydrazine groups is 1. The van der Waals surface area contributed by atoms with Crippen molar-refractivity contribution >= 4 is 21.7 Å². The number of quaternary nitrogens is 1. The molecule has 0 amide bonds. The Morgan fingerprint density at radius 1 is 1.58 bits per heavy atom. The van der Waals surface area contributed by atoms with Crippen LogP contribution in [0.25, 0.3) is 0 Å². The van der Waals surface area contributed by atoms with Gasteiger partial charge in [-0.1, -0.05) is 21.5 Å². The number of hydrogen-bond donors (Lipinski definition) is 2. The normalized spacial score (nSPS) is 15.6. The molecular weight excluding hydrogens is 220 g/mol. The van der Waals surface area contributed by atoms with E-state index in [-0.39, 0.29) is 0 Å². The molecule has 0 unspecified atom stereocenters. The summed E-state index contributed by atoms with van der Waals surface area (Å²) in [5, 5.41) is 1.84. The highest BCUT2D eigenvalue weighted by Crippen LogP contribution is 2.15. The fourth-order valence-corrected chi connectivity index (χ4v) is 1.29. The molecule has 12 heavy (non-hydrogen) atoms. The van der Waals surface area contributed by atoms with E-state index in [2.05, 4.69) is 26.4 Å². The monoisotopic (exact) mass is 227 g/mol. The van der Waals surface area contributed by atoms with Crippen molar-refractivity contribution < 1.29 is 5.43 Å². The van der Waals surface area contributed by atoms with Gasteiger partial charge in [0.25, 0.3) is 0 Å². The molecular formula is C7H8BrN4+. The van der Waals surface area contributed by atoms with E-state index in [0.29, 0.717) is 0 Å². The lowest BCUT2D eigenvalue weighted by Crippen LogP contribution is -2.87. The maximum absolute atomic E-state index is 4.18. The highest BCUT2D eigenvalue weighted by molar-refractivity contribution is 9.10. The van der Waals surface area contributed by atoms with Crippen LogP contribution in [-0.2, 0) is 0 Å². The molecule has 2 heterocycles. The van der Waals surface area contributed by atoms with Crippen LogP contribution in [0.3, 0.4) is 0 Å². The predicted octanol–water partition coefficient (Wildman–Crippen LogP) is 0.118. The van der Waals surface area contributed by atoms with Gasteiger partial charge < -0.3 is 0 Å². The van der Waals surface area contributed by atoms with Crippen molar-refractivity contribution in [2.24, 2.45) is 0 Å². The average molecular weight is 228 g/mol. The largest absolute Gasteiger partial charge is 0.237 e. The van der Waals surface area contributed by atoms with Crippen LogP contribution < -0.4 is 16.0 Å². The highest BCUT2D eigenvalue weighted by atomic mass is 79.9. The van der Waals surface area contributed by atoms with Crippen molar-refractivity contribution in [1.82, 2.24) is 10.5 Å². The topological polar surface area (TPSA) is 44.8 Å². The van der Waals surface area contributed by atoms with E-state index in [0.717, 1.165) is 10.3 Å². The van der Waals surface area contributed by atoms with Crippen LogP contribution in [0.5, 0.6) is 0 Å². The zero-order valence-electron chi connectivity index (χ0n) is 6.24. The summed E-state index contributed by atoms with van der Waals surface area (Å²) in [6, 6.07) is 3.84. The third-order valence-electron chi connectivity index (χ3n) is 1.50. The van der Waals surface area contributed by atoms with E-state index in [1.807, 2.05) is 35.0 Å². The van der Waals surface area contributed by atoms with E-state index in [1.165, 1.54) is 0 Å². The van der Waals surface area contributed by atoms with Gasteiger partial charge in [0.15, 0.2) is 5.82 Å². The molecule has 0 bridgehead atoms. The number of nitrogens with one attached hydrogen (secondary N) is 1. The number of hydrogen-bond acceptors (Lipinski definition) is 3. The predicted molar refractivity (Wildman–Crippen MR) is 48.6 cm³/mol. The molecule has 0 saturated carbocycles. The number of nitrogens with zero attached hydrogens (tertiary/aromatic N) is 2. The van der Waals surface area contributed by atoms with E-state index in [9.17, 15) is 0 Å². The van der Waals surface area contributed by atoms with Gasteiger partial charge in [-0.2, -0.15) is 0 Å². The van der Waals surface area contributed by atoms with Crippen LogP contribution in [0.4, 0.5) is 5.82 Å². The fraction of sp³-hybridized carbons (Fsp3) is 0. The lowest BCUT2D eigenvalue weighted by atomic mass is 10.4. The SMILES string of the molecule is Brc1ccnc(N2C=C[NH2+]N2)c1. The van der Waals surface area contributed by atoms with Crippen molar-refractivity contribution in [1.29, 1.82) is 0 Å². The second-order valence-electron chi connectivity index (χ2n) is 2.34. The molecule has 1 aliphatic rings. The molecule has 3 N–H and O–H groups in total. The summed E-state index contributed by atoms with van der Waals surface area (Å²) >= 11 is 3.38. The van der Waals surface area contributed by atoms with E-state index < -0.39 is 0 Å². The van der Waals surface area contributed by atoms with Crippen LogP contribution in [0.2, 0.25) is 0 Å². The number of nitrogens with two attached hydrogens (primary N) is 1. The highest BCUT2D eigenvalue weighted by Gasteiger charge is 2.09. The molecule has 1 aliphatic heterocycles. The molecule has 0 radical (unpaired) electrons. The number of anilines is 1. The maximum atomic E-state index is 4.18. The third-order valence-corrected chi connectivity index (χ3v) is 1.99. The Hall–Kier alpha value is -0.910. The van der Waals surface area contributed by atoms with Crippen molar-refractivity contribution in [3.63, 3.8) is 0 Å². The Morgan fingerprint density at radius 2 is 2.50 bits per heavy atom. The molecule has 0 aliphatic carbocycles. The Kier molecular flexibility index (Phi) is 2.07. The molecule has 0 saturated heterocycles. The lowest BCUT2D eigenvalue weighted by molar-refractivity contribution is -0.640. The molecule has 5 heteroatoms. The first-order valence-corrected chi connectivity index (χ1v) is 4.32. The van der Waals surface area contributed by atoms with Crippen molar-refractivity contribution in [3.8, 4) is 0 Å². The molecule has 62 valence electrons. The van der Waals surface area contributed by atoms with Crippen molar-refractivity contribution in [3.05, 3.63) is 35.2 Å². The van der Waals surface area contributed by atoms with Crippen LogP contribution in [0, 0.1) is 0 Å². The van der Waals surface area contributed by atoms with Crippen LogP contribution in [-0.4, -0.2) is 4.98 Å². The lowest BCUT2D eigenvalue weighted by Gasteiger charge is -2.10. The van der Waals surface area contributed by atoms with Gasteiger partial charge in [0.1, 0.15) is 6.20 Å². The van der Waals surface area contributed by atoms with E-state index in [4.69, 9.17) is 0 Å². The van der Waals surface area contributed by atoms with Crippen molar-refractivity contribution in [2.45, 2.75) is 0 Å². The van der Waals surface area contributed by atoms with Gasteiger partial charge in [-0.15, -0.1) is 0 Å². The summed E-state index contributed by atoms with van der Waals surface area (Å²) < 4.78 is 1.02. The van der Waals surface area contributed by atoms with Gasteiger partial charge in [0, 0.05) is 10.7 Å². The second-order valence-corrected chi connectivity index (χ2v) is 3.26. The number of aromatic nitrogens is 1. The molecule has 1 aromatic heterocycles. The first kappa shape index (κ1) is 7.72. The molecule has 2 rings (SSSR count). The molecule has 0 atom stereocenters.